The molecule has 0 atom stereocenters. The SMILES string of the molecule is CSCc1ccc(C(=O)Nc2cccc(C(=O)Nc3c(C)n(C)n(-c4ccccc4)c3=O)c2)cc1. The first-order valence-electron chi connectivity index (χ1n) is 11.0. The van der Waals surface area contributed by atoms with E-state index in [1.54, 1.807) is 66.8 Å². The molecule has 4 aromatic rings. The van der Waals surface area contributed by atoms with Crippen molar-refractivity contribution in [1.82, 2.24) is 9.36 Å². The number of nitrogens with one attached hydrogen (secondary N) is 2. The number of carbonyl (C=O) groups excluding carboxylic acids is 2. The van der Waals surface area contributed by atoms with Crippen LogP contribution in [-0.2, 0) is 12.8 Å². The van der Waals surface area contributed by atoms with Gasteiger partial charge in [-0.15, -0.1) is 0 Å². The number of carbonyl (C=O) groups is 2. The predicted octanol–water partition coefficient (Wildman–Crippen LogP) is 4.85. The summed E-state index contributed by atoms with van der Waals surface area (Å²) in [5, 5.41) is 5.58. The highest BCUT2D eigenvalue weighted by Gasteiger charge is 2.19. The first kappa shape index (κ1) is 24.1. The highest BCUT2D eigenvalue weighted by atomic mass is 32.2. The predicted molar refractivity (Wildman–Crippen MR) is 142 cm³/mol. The van der Waals surface area contributed by atoms with E-state index in [0.29, 0.717) is 28.2 Å². The molecular weight excluding hydrogens is 460 g/mol. The van der Waals surface area contributed by atoms with Gasteiger partial charge in [-0.05, 0) is 61.2 Å². The number of benzene rings is 3. The average molecular weight is 487 g/mol. The lowest BCUT2D eigenvalue weighted by atomic mass is 10.1. The maximum absolute atomic E-state index is 13.1. The van der Waals surface area contributed by atoms with Crippen LogP contribution in [0, 0.1) is 6.92 Å². The molecule has 0 bridgehead atoms. The molecule has 8 heteroatoms. The second-order valence-electron chi connectivity index (χ2n) is 8.06. The van der Waals surface area contributed by atoms with E-state index >= 15 is 0 Å². The molecule has 0 aliphatic carbocycles. The Bertz CT molecular complexity index is 1420. The van der Waals surface area contributed by atoms with Crippen molar-refractivity contribution in [3.05, 3.63) is 112 Å². The van der Waals surface area contributed by atoms with Crippen molar-refractivity contribution in [2.75, 3.05) is 16.9 Å². The minimum absolute atomic E-state index is 0.209. The zero-order valence-corrected chi connectivity index (χ0v) is 20.6. The molecule has 0 aliphatic heterocycles. The van der Waals surface area contributed by atoms with E-state index in [-0.39, 0.29) is 17.2 Å². The molecule has 0 radical (unpaired) electrons. The lowest BCUT2D eigenvalue weighted by molar-refractivity contribution is 0.101. The number of anilines is 2. The molecule has 2 N–H and O–H groups in total. The number of hydrogen-bond acceptors (Lipinski definition) is 4. The number of aromatic nitrogens is 2. The van der Waals surface area contributed by atoms with Crippen molar-refractivity contribution < 1.29 is 9.59 Å². The van der Waals surface area contributed by atoms with E-state index in [9.17, 15) is 14.4 Å². The third kappa shape index (κ3) is 5.22. The Kier molecular flexibility index (Phi) is 7.22. The average Bonchev–Trinajstić information content (AvgIpc) is 3.08. The summed E-state index contributed by atoms with van der Waals surface area (Å²) in [5.41, 5.74) is 3.71. The van der Waals surface area contributed by atoms with Gasteiger partial charge in [-0.2, -0.15) is 11.8 Å². The van der Waals surface area contributed by atoms with Gasteiger partial charge in [0.1, 0.15) is 5.69 Å². The van der Waals surface area contributed by atoms with Crippen LogP contribution < -0.4 is 16.2 Å². The van der Waals surface area contributed by atoms with E-state index in [1.807, 2.05) is 48.7 Å². The lowest BCUT2D eigenvalue weighted by Crippen LogP contribution is -2.23. The molecule has 1 aromatic heterocycles. The Labute approximate surface area is 207 Å². The van der Waals surface area contributed by atoms with Crippen LogP contribution in [0.2, 0.25) is 0 Å². The molecule has 1 heterocycles. The Balaban J connectivity index is 1.52. The summed E-state index contributed by atoms with van der Waals surface area (Å²) in [5.74, 6) is 0.188. The van der Waals surface area contributed by atoms with Crippen molar-refractivity contribution in [2.45, 2.75) is 12.7 Å². The Morgan fingerprint density at radius 3 is 2.23 bits per heavy atom. The quantitative estimate of drug-likeness (QED) is 0.391. The fourth-order valence-electron chi connectivity index (χ4n) is 3.76. The zero-order valence-electron chi connectivity index (χ0n) is 19.7. The lowest BCUT2D eigenvalue weighted by Gasteiger charge is -2.09. The van der Waals surface area contributed by atoms with Gasteiger partial charge in [-0.3, -0.25) is 19.1 Å². The van der Waals surface area contributed by atoms with Crippen molar-refractivity contribution >= 4 is 35.0 Å². The standard InChI is InChI=1S/C27H26N4O3S/c1-18-24(27(34)31(30(18)2)23-10-5-4-6-11-23)29-26(33)21-8-7-9-22(16-21)28-25(32)20-14-12-19(13-15-20)17-35-3/h4-16H,17H2,1-3H3,(H,28,32)(H,29,33). The molecule has 178 valence electrons. The van der Waals surface area contributed by atoms with Gasteiger partial charge >= 0.3 is 0 Å². The third-order valence-corrected chi connectivity index (χ3v) is 6.32. The van der Waals surface area contributed by atoms with Crippen molar-refractivity contribution in [2.24, 2.45) is 7.05 Å². The molecule has 0 aliphatic rings. The van der Waals surface area contributed by atoms with Gasteiger partial charge in [0.2, 0.25) is 0 Å². The molecule has 0 spiro atoms. The molecule has 0 saturated carbocycles. The molecule has 0 unspecified atom stereocenters. The van der Waals surface area contributed by atoms with Crippen molar-refractivity contribution in [1.29, 1.82) is 0 Å². The monoisotopic (exact) mass is 486 g/mol. The fourth-order valence-corrected chi connectivity index (χ4v) is 4.28. The number of hydrogen-bond donors (Lipinski definition) is 2. The highest BCUT2D eigenvalue weighted by molar-refractivity contribution is 7.97. The van der Waals surface area contributed by atoms with Gasteiger partial charge in [-0.25, -0.2) is 4.68 Å². The molecule has 4 rings (SSSR count). The van der Waals surface area contributed by atoms with Crippen LogP contribution in [-0.4, -0.2) is 27.4 Å². The van der Waals surface area contributed by atoms with Crippen molar-refractivity contribution in [3.8, 4) is 5.69 Å². The zero-order chi connectivity index (χ0) is 24.9. The second-order valence-corrected chi connectivity index (χ2v) is 8.92. The van der Waals surface area contributed by atoms with Gasteiger partial charge in [-0.1, -0.05) is 36.4 Å². The van der Waals surface area contributed by atoms with E-state index < -0.39 is 5.91 Å². The number of rotatable bonds is 7. The number of para-hydroxylation sites is 1. The summed E-state index contributed by atoms with van der Waals surface area (Å²) in [4.78, 5) is 38.7. The van der Waals surface area contributed by atoms with E-state index in [2.05, 4.69) is 10.6 Å². The number of thioether (sulfide) groups is 1. The second kappa shape index (κ2) is 10.5. The minimum Gasteiger partial charge on any atom is -0.322 e. The van der Waals surface area contributed by atoms with Gasteiger partial charge in [0.05, 0.1) is 11.4 Å². The van der Waals surface area contributed by atoms with Crippen LogP contribution in [0.4, 0.5) is 11.4 Å². The van der Waals surface area contributed by atoms with Crippen LogP contribution in [0.3, 0.4) is 0 Å². The first-order chi connectivity index (χ1) is 16.9. The Morgan fingerprint density at radius 2 is 1.54 bits per heavy atom. The summed E-state index contributed by atoms with van der Waals surface area (Å²) < 4.78 is 3.21. The van der Waals surface area contributed by atoms with Crippen molar-refractivity contribution in [3.63, 3.8) is 0 Å². The molecule has 35 heavy (non-hydrogen) atoms. The summed E-state index contributed by atoms with van der Waals surface area (Å²) in [7, 11) is 1.77. The molecular formula is C27H26N4O3S. The summed E-state index contributed by atoms with van der Waals surface area (Å²) in [6.07, 6.45) is 2.03. The third-order valence-electron chi connectivity index (χ3n) is 5.70. The summed E-state index contributed by atoms with van der Waals surface area (Å²) in [6.45, 7) is 1.78. The normalized spacial score (nSPS) is 10.7. The van der Waals surface area contributed by atoms with E-state index in [4.69, 9.17) is 0 Å². The molecule has 3 aromatic carbocycles. The van der Waals surface area contributed by atoms with Gasteiger partial charge in [0, 0.05) is 29.6 Å². The van der Waals surface area contributed by atoms with Crippen LogP contribution >= 0.6 is 11.8 Å². The number of amides is 2. The topological polar surface area (TPSA) is 85.1 Å². The summed E-state index contributed by atoms with van der Waals surface area (Å²) in [6, 6.07) is 23.3. The Morgan fingerprint density at radius 1 is 0.857 bits per heavy atom. The smallest absolute Gasteiger partial charge is 0.295 e. The van der Waals surface area contributed by atoms with Crippen LogP contribution in [0.1, 0.15) is 32.0 Å². The number of nitrogens with zero attached hydrogens (tertiary/aromatic N) is 2. The first-order valence-corrected chi connectivity index (χ1v) is 12.4. The maximum atomic E-state index is 13.1. The van der Waals surface area contributed by atoms with Crippen LogP contribution in [0.5, 0.6) is 0 Å². The molecule has 7 nitrogen and oxygen atoms in total. The van der Waals surface area contributed by atoms with Crippen LogP contribution in [0.25, 0.3) is 5.69 Å². The maximum Gasteiger partial charge on any atom is 0.295 e. The van der Waals surface area contributed by atoms with Gasteiger partial charge in [0.25, 0.3) is 17.4 Å². The molecule has 2 amide bonds. The Hall–Kier alpha value is -4.04. The largest absolute Gasteiger partial charge is 0.322 e. The molecule has 0 fully saturated rings. The highest BCUT2D eigenvalue weighted by Crippen LogP contribution is 2.18. The summed E-state index contributed by atoms with van der Waals surface area (Å²) >= 11 is 1.72. The minimum atomic E-state index is -0.437. The van der Waals surface area contributed by atoms with Gasteiger partial charge in [0.15, 0.2) is 0 Å². The van der Waals surface area contributed by atoms with Crippen LogP contribution in [0.15, 0.2) is 83.7 Å². The van der Waals surface area contributed by atoms with Gasteiger partial charge < -0.3 is 10.6 Å². The molecule has 0 saturated heterocycles. The van der Waals surface area contributed by atoms with E-state index in [0.717, 1.165) is 11.3 Å². The fraction of sp³-hybridized carbons (Fsp3) is 0.148. The van der Waals surface area contributed by atoms with E-state index in [1.165, 1.54) is 4.68 Å².